The van der Waals surface area contributed by atoms with Gasteiger partial charge in [-0.3, -0.25) is 0 Å². The largest absolute Gasteiger partial charge is 0.307 e. The van der Waals surface area contributed by atoms with Gasteiger partial charge in [0.05, 0.1) is 33.4 Å². The summed E-state index contributed by atoms with van der Waals surface area (Å²) in [5, 5.41) is 5.14. The lowest BCUT2D eigenvalue weighted by Crippen LogP contribution is -2.10. The molecule has 0 bridgehead atoms. The number of nitrogens with zero attached hydrogens (tertiary/aromatic N) is 2. The van der Waals surface area contributed by atoms with Crippen LogP contribution in [0.5, 0.6) is 0 Å². The molecule has 7 rings (SSSR count). The molecule has 0 N–H and O–H groups in total. The van der Waals surface area contributed by atoms with Crippen LogP contribution in [0.2, 0.25) is 0 Å². The Morgan fingerprint density at radius 2 is 0.806 bits per heavy atom. The summed E-state index contributed by atoms with van der Waals surface area (Å²) in [6.07, 6.45) is 0. The normalized spacial score (nSPS) is 12.3. The number of aromatic nitrogens is 2. The van der Waals surface area contributed by atoms with E-state index in [9.17, 15) is 0 Å². The third-order valence-electron chi connectivity index (χ3n) is 7.48. The predicted octanol–water partition coefficient (Wildman–Crippen LogP) is 9.18. The maximum absolute atomic E-state index is 2.44. The second-order valence-corrected chi connectivity index (χ2v) is 10.7. The van der Waals surface area contributed by atoms with Crippen LogP contribution in [0.3, 0.4) is 0 Å². The first-order chi connectivity index (χ1) is 17.5. The number of benzene rings is 5. The van der Waals surface area contributed by atoms with Crippen LogP contribution < -0.4 is 0 Å². The molecule has 2 nitrogen and oxygen atoms in total. The SMILES string of the molecule is CC(C)(C)c1ccc2c(c1)c1ccccc1n2-c1ccccc1-n1c2ccccc2c2ccccc21. The van der Waals surface area contributed by atoms with E-state index in [0.29, 0.717) is 0 Å². The van der Waals surface area contributed by atoms with E-state index >= 15 is 0 Å². The summed E-state index contributed by atoms with van der Waals surface area (Å²) in [6, 6.07) is 42.0. The van der Waals surface area contributed by atoms with Gasteiger partial charge in [-0.15, -0.1) is 0 Å². The van der Waals surface area contributed by atoms with Crippen LogP contribution in [-0.2, 0) is 5.41 Å². The maximum atomic E-state index is 2.44. The Morgan fingerprint density at radius 1 is 0.417 bits per heavy atom. The van der Waals surface area contributed by atoms with Gasteiger partial charge in [0, 0.05) is 21.5 Å². The number of rotatable bonds is 2. The van der Waals surface area contributed by atoms with Crippen LogP contribution in [0.4, 0.5) is 0 Å². The Labute approximate surface area is 211 Å². The minimum absolute atomic E-state index is 0.0955. The molecule has 0 fully saturated rings. The van der Waals surface area contributed by atoms with Gasteiger partial charge in [0.2, 0.25) is 0 Å². The molecule has 0 atom stereocenters. The molecule has 0 saturated carbocycles. The molecule has 0 radical (unpaired) electrons. The molecule has 2 heteroatoms. The van der Waals surface area contributed by atoms with Crippen molar-refractivity contribution < 1.29 is 0 Å². The lowest BCUT2D eigenvalue weighted by atomic mass is 9.86. The summed E-state index contributed by atoms with van der Waals surface area (Å²) in [6.45, 7) is 6.85. The highest BCUT2D eigenvalue weighted by Gasteiger charge is 2.20. The molecule has 2 aromatic heterocycles. The van der Waals surface area contributed by atoms with Crippen molar-refractivity contribution in [2.24, 2.45) is 0 Å². The van der Waals surface area contributed by atoms with Gasteiger partial charge in [-0.25, -0.2) is 0 Å². The Balaban J connectivity index is 1.61. The van der Waals surface area contributed by atoms with E-state index in [1.54, 1.807) is 0 Å². The number of para-hydroxylation sites is 5. The lowest BCUT2D eigenvalue weighted by Gasteiger charge is -2.19. The first-order valence-electron chi connectivity index (χ1n) is 12.6. The van der Waals surface area contributed by atoms with E-state index in [-0.39, 0.29) is 5.41 Å². The monoisotopic (exact) mass is 464 g/mol. The molecule has 0 aliphatic heterocycles. The van der Waals surface area contributed by atoms with Crippen molar-refractivity contribution in [1.82, 2.24) is 9.13 Å². The zero-order valence-electron chi connectivity index (χ0n) is 20.9. The van der Waals surface area contributed by atoms with Gasteiger partial charge in [0.15, 0.2) is 0 Å². The smallest absolute Gasteiger partial charge is 0.0702 e. The van der Waals surface area contributed by atoms with E-state index in [1.165, 1.54) is 60.5 Å². The molecular weight excluding hydrogens is 436 g/mol. The number of hydrogen-bond donors (Lipinski definition) is 0. The summed E-state index contributed by atoms with van der Waals surface area (Å²) in [7, 11) is 0. The Bertz CT molecular complexity index is 1870. The molecule has 7 aromatic rings. The van der Waals surface area contributed by atoms with E-state index in [0.717, 1.165) is 0 Å². The molecular formula is C34H28N2. The van der Waals surface area contributed by atoms with Gasteiger partial charge in [-0.2, -0.15) is 0 Å². The van der Waals surface area contributed by atoms with Gasteiger partial charge in [0.1, 0.15) is 0 Å². The summed E-state index contributed by atoms with van der Waals surface area (Å²) in [4.78, 5) is 0. The van der Waals surface area contributed by atoms with Crippen molar-refractivity contribution >= 4 is 43.6 Å². The third-order valence-corrected chi connectivity index (χ3v) is 7.48. The highest BCUT2D eigenvalue weighted by atomic mass is 15.1. The average molecular weight is 465 g/mol. The van der Waals surface area contributed by atoms with Crippen LogP contribution in [0, 0.1) is 0 Å². The highest BCUT2D eigenvalue weighted by molar-refractivity contribution is 6.11. The Hall–Kier alpha value is -4.30. The molecule has 5 aromatic carbocycles. The standard InChI is InChI=1S/C34H28N2/c1-34(2,3)23-20-21-31-27(22-23)26-14-6-9-17-30(26)36(31)33-19-11-10-18-32(33)35-28-15-7-4-12-24(28)25-13-5-8-16-29(25)35/h4-22H,1-3H3. The maximum Gasteiger partial charge on any atom is 0.0702 e. The fourth-order valence-corrected chi connectivity index (χ4v) is 5.72. The van der Waals surface area contributed by atoms with Crippen LogP contribution in [0.25, 0.3) is 55.0 Å². The van der Waals surface area contributed by atoms with E-state index in [4.69, 9.17) is 0 Å². The molecule has 2 heterocycles. The van der Waals surface area contributed by atoms with Gasteiger partial charge in [-0.1, -0.05) is 93.6 Å². The first kappa shape index (κ1) is 21.0. The van der Waals surface area contributed by atoms with E-state index < -0.39 is 0 Å². The first-order valence-corrected chi connectivity index (χ1v) is 12.6. The number of fused-ring (bicyclic) bond motifs is 6. The summed E-state index contributed by atoms with van der Waals surface area (Å²) < 4.78 is 4.86. The Morgan fingerprint density at radius 3 is 1.28 bits per heavy atom. The second-order valence-electron chi connectivity index (χ2n) is 10.7. The second kappa shape index (κ2) is 7.60. The molecule has 0 unspecified atom stereocenters. The van der Waals surface area contributed by atoms with Crippen molar-refractivity contribution in [3.8, 4) is 11.4 Å². The minimum atomic E-state index is 0.0955. The van der Waals surface area contributed by atoms with Crippen molar-refractivity contribution in [2.45, 2.75) is 26.2 Å². The van der Waals surface area contributed by atoms with Gasteiger partial charge in [-0.05, 0) is 53.4 Å². The van der Waals surface area contributed by atoms with Gasteiger partial charge < -0.3 is 9.13 Å². The summed E-state index contributed by atoms with van der Waals surface area (Å²) in [5.41, 5.74) is 8.72. The number of hydrogen-bond acceptors (Lipinski definition) is 0. The van der Waals surface area contributed by atoms with Crippen molar-refractivity contribution in [3.05, 3.63) is 121 Å². The summed E-state index contributed by atoms with van der Waals surface area (Å²) in [5.74, 6) is 0. The van der Waals surface area contributed by atoms with Crippen LogP contribution >= 0.6 is 0 Å². The third kappa shape index (κ3) is 2.97. The van der Waals surface area contributed by atoms with Gasteiger partial charge in [0.25, 0.3) is 0 Å². The van der Waals surface area contributed by atoms with E-state index in [1.807, 2.05) is 0 Å². The molecule has 0 amide bonds. The van der Waals surface area contributed by atoms with Crippen LogP contribution in [0.1, 0.15) is 26.3 Å². The molecule has 0 spiro atoms. The zero-order chi connectivity index (χ0) is 24.4. The minimum Gasteiger partial charge on any atom is -0.307 e. The van der Waals surface area contributed by atoms with Crippen molar-refractivity contribution in [1.29, 1.82) is 0 Å². The molecule has 36 heavy (non-hydrogen) atoms. The molecule has 0 saturated heterocycles. The van der Waals surface area contributed by atoms with Crippen LogP contribution in [-0.4, -0.2) is 9.13 Å². The molecule has 0 aliphatic rings. The van der Waals surface area contributed by atoms with E-state index in [2.05, 4.69) is 145 Å². The van der Waals surface area contributed by atoms with Gasteiger partial charge >= 0.3 is 0 Å². The fourth-order valence-electron chi connectivity index (χ4n) is 5.72. The van der Waals surface area contributed by atoms with Crippen molar-refractivity contribution in [3.63, 3.8) is 0 Å². The lowest BCUT2D eigenvalue weighted by molar-refractivity contribution is 0.591. The average Bonchev–Trinajstić information content (AvgIpc) is 3.41. The highest BCUT2D eigenvalue weighted by Crippen LogP contribution is 2.39. The zero-order valence-corrected chi connectivity index (χ0v) is 20.9. The summed E-state index contributed by atoms with van der Waals surface area (Å²) >= 11 is 0. The Kier molecular flexibility index (Phi) is 4.44. The van der Waals surface area contributed by atoms with Crippen molar-refractivity contribution in [2.75, 3.05) is 0 Å². The fraction of sp³-hybridized carbons (Fsp3) is 0.118. The quantitative estimate of drug-likeness (QED) is 0.241. The van der Waals surface area contributed by atoms with Crippen LogP contribution in [0.15, 0.2) is 115 Å². The topological polar surface area (TPSA) is 9.86 Å². The molecule has 174 valence electrons. The predicted molar refractivity (Wildman–Crippen MR) is 154 cm³/mol. The molecule has 0 aliphatic carbocycles.